The molecule has 3 heteroatoms. The number of allylic oxidation sites excluding steroid dienone is 1. The van der Waals surface area contributed by atoms with Crippen LogP contribution in [0.25, 0.3) is 0 Å². The first-order valence-electron chi connectivity index (χ1n) is 5.07. The van der Waals surface area contributed by atoms with Gasteiger partial charge in [-0.05, 0) is 37.5 Å². The molecule has 0 aromatic carbocycles. The standard InChI is InChI=1S/C12H13NO2/c14-11(10-5-4-8-13-9-10)12(15)6-2-1-3-7-12/h2,4-6,8-9,15H,1,3,7H2. The Balaban J connectivity index is 2.28. The SMILES string of the molecule is O=C(c1cccnc1)C1(O)C=CCCC1. The van der Waals surface area contributed by atoms with Crippen LogP contribution in [0, 0.1) is 0 Å². The summed E-state index contributed by atoms with van der Waals surface area (Å²) in [5.74, 6) is -0.258. The van der Waals surface area contributed by atoms with Gasteiger partial charge in [0.1, 0.15) is 5.60 Å². The van der Waals surface area contributed by atoms with Gasteiger partial charge in [-0.3, -0.25) is 9.78 Å². The van der Waals surface area contributed by atoms with Crippen LogP contribution in [-0.2, 0) is 0 Å². The molecular formula is C12H13NO2. The summed E-state index contributed by atoms with van der Waals surface area (Å²) in [7, 11) is 0. The first-order valence-corrected chi connectivity index (χ1v) is 5.07. The third-order valence-corrected chi connectivity index (χ3v) is 2.64. The fourth-order valence-electron chi connectivity index (χ4n) is 1.79. The van der Waals surface area contributed by atoms with E-state index in [0.29, 0.717) is 12.0 Å². The second-order valence-electron chi connectivity index (χ2n) is 3.79. The van der Waals surface area contributed by atoms with Crippen LogP contribution in [0.3, 0.4) is 0 Å². The summed E-state index contributed by atoms with van der Waals surface area (Å²) in [5.41, 5.74) is -0.854. The number of nitrogens with zero attached hydrogens (tertiary/aromatic N) is 1. The van der Waals surface area contributed by atoms with E-state index in [1.165, 1.54) is 6.20 Å². The smallest absolute Gasteiger partial charge is 0.199 e. The van der Waals surface area contributed by atoms with Crippen molar-refractivity contribution in [3.05, 3.63) is 42.2 Å². The second-order valence-corrected chi connectivity index (χ2v) is 3.79. The van der Waals surface area contributed by atoms with Crippen molar-refractivity contribution < 1.29 is 9.90 Å². The molecule has 1 aromatic heterocycles. The number of aliphatic hydroxyl groups is 1. The Kier molecular flexibility index (Phi) is 2.64. The predicted molar refractivity (Wildman–Crippen MR) is 56.5 cm³/mol. The molecule has 1 unspecified atom stereocenters. The molecule has 15 heavy (non-hydrogen) atoms. The maximum absolute atomic E-state index is 12.0. The van der Waals surface area contributed by atoms with E-state index in [-0.39, 0.29) is 5.78 Å². The first kappa shape index (κ1) is 10.1. The Bertz CT molecular complexity index is 386. The Morgan fingerprint density at radius 2 is 2.40 bits per heavy atom. The molecule has 0 amide bonds. The first-order chi connectivity index (χ1) is 7.22. The van der Waals surface area contributed by atoms with Crippen molar-refractivity contribution in [3.8, 4) is 0 Å². The van der Waals surface area contributed by atoms with Gasteiger partial charge in [0.05, 0.1) is 0 Å². The van der Waals surface area contributed by atoms with Gasteiger partial charge in [0, 0.05) is 18.0 Å². The molecule has 0 saturated heterocycles. The lowest BCUT2D eigenvalue weighted by Gasteiger charge is -2.25. The molecule has 0 aliphatic heterocycles. The molecule has 1 aliphatic carbocycles. The third-order valence-electron chi connectivity index (χ3n) is 2.64. The van der Waals surface area contributed by atoms with Crippen molar-refractivity contribution >= 4 is 5.78 Å². The third kappa shape index (κ3) is 1.97. The van der Waals surface area contributed by atoms with Gasteiger partial charge in [0.25, 0.3) is 0 Å². The molecule has 1 aromatic rings. The zero-order valence-electron chi connectivity index (χ0n) is 8.39. The lowest BCUT2D eigenvalue weighted by atomic mass is 9.85. The van der Waals surface area contributed by atoms with E-state index < -0.39 is 5.60 Å². The molecule has 0 spiro atoms. The van der Waals surface area contributed by atoms with Gasteiger partial charge in [0.2, 0.25) is 0 Å². The van der Waals surface area contributed by atoms with Gasteiger partial charge in [0.15, 0.2) is 5.78 Å². The minimum atomic E-state index is -1.32. The zero-order valence-corrected chi connectivity index (χ0v) is 8.39. The molecule has 1 N–H and O–H groups in total. The summed E-state index contributed by atoms with van der Waals surface area (Å²) in [6.45, 7) is 0. The van der Waals surface area contributed by atoms with E-state index in [4.69, 9.17) is 0 Å². The number of ketones is 1. The van der Waals surface area contributed by atoms with Crippen LogP contribution in [0.1, 0.15) is 29.6 Å². The highest BCUT2D eigenvalue weighted by atomic mass is 16.3. The van der Waals surface area contributed by atoms with Gasteiger partial charge >= 0.3 is 0 Å². The number of carbonyl (C=O) groups is 1. The van der Waals surface area contributed by atoms with Gasteiger partial charge in [-0.1, -0.05) is 6.08 Å². The van der Waals surface area contributed by atoms with Crippen LogP contribution in [0.2, 0.25) is 0 Å². The highest BCUT2D eigenvalue weighted by Crippen LogP contribution is 2.25. The molecule has 0 bridgehead atoms. The lowest BCUT2D eigenvalue weighted by molar-refractivity contribution is 0.0471. The number of pyridine rings is 1. The van der Waals surface area contributed by atoms with Crippen LogP contribution < -0.4 is 0 Å². The fraction of sp³-hybridized carbons (Fsp3) is 0.333. The predicted octanol–water partition coefficient (Wildman–Crippen LogP) is 1.74. The lowest BCUT2D eigenvalue weighted by Crippen LogP contribution is -2.37. The number of rotatable bonds is 2. The van der Waals surface area contributed by atoms with Gasteiger partial charge in [-0.15, -0.1) is 0 Å². The summed E-state index contributed by atoms with van der Waals surface area (Å²) in [6.07, 6.45) is 8.84. The van der Waals surface area contributed by atoms with Gasteiger partial charge in [-0.25, -0.2) is 0 Å². The fourth-order valence-corrected chi connectivity index (χ4v) is 1.79. The monoisotopic (exact) mass is 203 g/mol. The largest absolute Gasteiger partial charge is 0.378 e. The van der Waals surface area contributed by atoms with Crippen molar-refractivity contribution in [2.75, 3.05) is 0 Å². The van der Waals surface area contributed by atoms with Crippen molar-refractivity contribution in [1.82, 2.24) is 4.98 Å². The molecule has 0 radical (unpaired) electrons. The quantitative estimate of drug-likeness (QED) is 0.588. The molecule has 78 valence electrons. The molecule has 0 fully saturated rings. The topological polar surface area (TPSA) is 50.2 Å². The maximum Gasteiger partial charge on any atom is 0.199 e. The molecule has 1 aliphatic rings. The van der Waals surface area contributed by atoms with Gasteiger partial charge in [-0.2, -0.15) is 0 Å². The Morgan fingerprint density at radius 1 is 1.53 bits per heavy atom. The second kappa shape index (κ2) is 3.95. The summed E-state index contributed by atoms with van der Waals surface area (Å²) >= 11 is 0. The number of aromatic nitrogens is 1. The minimum absolute atomic E-state index is 0.258. The van der Waals surface area contributed by atoms with Gasteiger partial charge < -0.3 is 5.11 Å². The Labute approximate surface area is 88.5 Å². The summed E-state index contributed by atoms with van der Waals surface area (Å²) in [5, 5.41) is 10.1. The van der Waals surface area contributed by atoms with Crippen molar-refractivity contribution in [2.24, 2.45) is 0 Å². The Morgan fingerprint density at radius 3 is 3.00 bits per heavy atom. The van der Waals surface area contributed by atoms with Crippen LogP contribution in [0.5, 0.6) is 0 Å². The molecular weight excluding hydrogens is 190 g/mol. The molecule has 2 rings (SSSR count). The minimum Gasteiger partial charge on any atom is -0.378 e. The Hall–Kier alpha value is -1.48. The van der Waals surface area contributed by atoms with E-state index >= 15 is 0 Å². The normalized spacial score (nSPS) is 25.1. The highest BCUT2D eigenvalue weighted by molar-refractivity contribution is 6.03. The molecule has 0 saturated carbocycles. The maximum atomic E-state index is 12.0. The van der Waals surface area contributed by atoms with E-state index in [1.807, 2.05) is 6.08 Å². The van der Waals surface area contributed by atoms with Crippen molar-refractivity contribution in [3.63, 3.8) is 0 Å². The molecule has 3 nitrogen and oxygen atoms in total. The average Bonchev–Trinajstić information content (AvgIpc) is 2.30. The van der Waals surface area contributed by atoms with E-state index in [9.17, 15) is 9.90 Å². The van der Waals surface area contributed by atoms with Crippen LogP contribution >= 0.6 is 0 Å². The van der Waals surface area contributed by atoms with Crippen LogP contribution in [0.4, 0.5) is 0 Å². The van der Waals surface area contributed by atoms with E-state index in [2.05, 4.69) is 4.98 Å². The van der Waals surface area contributed by atoms with Crippen LogP contribution in [0.15, 0.2) is 36.7 Å². The summed E-state index contributed by atoms with van der Waals surface area (Å²) in [6, 6.07) is 3.37. The van der Waals surface area contributed by atoms with E-state index in [1.54, 1.807) is 24.4 Å². The average molecular weight is 203 g/mol. The van der Waals surface area contributed by atoms with E-state index in [0.717, 1.165) is 12.8 Å². The number of carbonyl (C=O) groups excluding carboxylic acids is 1. The number of hydrogen-bond donors (Lipinski definition) is 1. The van der Waals surface area contributed by atoms with Crippen molar-refractivity contribution in [2.45, 2.75) is 24.9 Å². The van der Waals surface area contributed by atoms with Crippen LogP contribution in [-0.4, -0.2) is 21.5 Å². The summed E-state index contributed by atoms with van der Waals surface area (Å²) in [4.78, 5) is 15.9. The number of hydrogen-bond acceptors (Lipinski definition) is 3. The summed E-state index contributed by atoms with van der Waals surface area (Å²) < 4.78 is 0. The molecule has 1 atom stereocenters. The molecule has 1 heterocycles. The highest BCUT2D eigenvalue weighted by Gasteiger charge is 2.34. The van der Waals surface area contributed by atoms with Crippen molar-refractivity contribution in [1.29, 1.82) is 0 Å². The number of Topliss-reactive ketones (excluding diaryl/α,β-unsaturated/α-hetero) is 1. The zero-order chi connectivity index (χ0) is 10.7.